The highest BCUT2D eigenvalue weighted by Crippen LogP contribution is 2.41. The van der Waals surface area contributed by atoms with Crippen molar-refractivity contribution in [1.29, 1.82) is 0 Å². The second-order valence-corrected chi connectivity index (χ2v) is 8.71. The first-order chi connectivity index (χ1) is 15.0. The minimum Gasteiger partial charge on any atom is -0.352 e. The Kier molecular flexibility index (Phi) is 6.34. The van der Waals surface area contributed by atoms with Gasteiger partial charge in [0.15, 0.2) is 5.11 Å². The molecule has 31 heavy (non-hydrogen) atoms. The molecular formula is C24H30N6S. The van der Waals surface area contributed by atoms with Gasteiger partial charge in [-0.3, -0.25) is 4.98 Å². The summed E-state index contributed by atoms with van der Waals surface area (Å²) in [5, 5.41) is 4.35. The molecule has 1 N–H and O–H groups in total. The average molecular weight is 435 g/mol. The fraction of sp³-hybridized carbons (Fsp3) is 0.375. The van der Waals surface area contributed by atoms with Gasteiger partial charge in [0, 0.05) is 30.3 Å². The molecule has 0 bridgehead atoms. The van der Waals surface area contributed by atoms with Gasteiger partial charge in [-0.25, -0.2) is 4.98 Å². The number of nitrogens with zero attached hydrogens (tertiary/aromatic N) is 5. The Balaban J connectivity index is 1.76. The number of nitrogens with one attached hydrogen (secondary N) is 1. The summed E-state index contributed by atoms with van der Waals surface area (Å²) in [7, 11) is 4.21. The lowest BCUT2D eigenvalue weighted by Crippen LogP contribution is -2.32. The molecule has 2 atom stereocenters. The van der Waals surface area contributed by atoms with E-state index in [0.29, 0.717) is 0 Å². The summed E-state index contributed by atoms with van der Waals surface area (Å²) in [6, 6.07) is 14.4. The summed E-state index contributed by atoms with van der Waals surface area (Å²) in [6.45, 7) is 6.22. The first kappa shape index (κ1) is 21.5. The summed E-state index contributed by atoms with van der Waals surface area (Å²) in [6.07, 6.45) is 4.73. The molecule has 162 valence electrons. The standard InChI is InChI=1S/C24H30N6S/c1-17-16-19(18(2)30(17)21-11-6-8-13-26-21)23-22(20-10-5-7-12-25-20)27-24(31)29(23)15-9-14-28(3)4/h5-8,10-13,16,22-23H,9,14-15H2,1-4H3,(H,27,31). The van der Waals surface area contributed by atoms with Crippen LogP contribution in [0.4, 0.5) is 0 Å². The Labute approximate surface area is 189 Å². The molecule has 2 unspecified atom stereocenters. The molecule has 3 aromatic heterocycles. The van der Waals surface area contributed by atoms with E-state index in [-0.39, 0.29) is 12.1 Å². The van der Waals surface area contributed by atoms with Gasteiger partial charge in [-0.2, -0.15) is 0 Å². The van der Waals surface area contributed by atoms with Crippen molar-refractivity contribution in [2.24, 2.45) is 0 Å². The first-order valence-electron chi connectivity index (χ1n) is 10.7. The minimum atomic E-state index is 0.00531. The van der Waals surface area contributed by atoms with Crippen molar-refractivity contribution in [3.05, 3.63) is 77.5 Å². The lowest BCUT2D eigenvalue weighted by Gasteiger charge is -2.28. The molecule has 4 heterocycles. The number of aryl methyl sites for hydroxylation is 1. The van der Waals surface area contributed by atoms with Crippen LogP contribution in [-0.2, 0) is 0 Å². The van der Waals surface area contributed by atoms with Crippen molar-refractivity contribution in [3.63, 3.8) is 0 Å². The molecule has 1 saturated heterocycles. The van der Waals surface area contributed by atoms with Crippen LogP contribution in [0, 0.1) is 13.8 Å². The quantitative estimate of drug-likeness (QED) is 0.571. The summed E-state index contributed by atoms with van der Waals surface area (Å²) in [4.78, 5) is 13.8. The molecule has 4 rings (SSSR count). The van der Waals surface area contributed by atoms with Crippen LogP contribution in [-0.4, -0.2) is 56.6 Å². The zero-order valence-corrected chi connectivity index (χ0v) is 19.4. The molecule has 1 aliphatic heterocycles. The van der Waals surface area contributed by atoms with Crippen LogP contribution in [0.2, 0.25) is 0 Å². The van der Waals surface area contributed by atoms with Gasteiger partial charge in [0.2, 0.25) is 0 Å². The van der Waals surface area contributed by atoms with Gasteiger partial charge >= 0.3 is 0 Å². The Morgan fingerprint density at radius 1 is 1.06 bits per heavy atom. The number of hydrogen-bond donors (Lipinski definition) is 1. The van der Waals surface area contributed by atoms with E-state index < -0.39 is 0 Å². The Bertz CT molecular complexity index is 1030. The maximum Gasteiger partial charge on any atom is 0.170 e. The van der Waals surface area contributed by atoms with E-state index in [0.717, 1.165) is 41.8 Å². The highest BCUT2D eigenvalue weighted by Gasteiger charge is 2.41. The van der Waals surface area contributed by atoms with Crippen LogP contribution in [0.25, 0.3) is 5.82 Å². The molecule has 1 aliphatic rings. The molecule has 0 aliphatic carbocycles. The number of hydrogen-bond acceptors (Lipinski definition) is 4. The molecule has 0 spiro atoms. The van der Waals surface area contributed by atoms with E-state index >= 15 is 0 Å². The highest BCUT2D eigenvalue weighted by atomic mass is 32.1. The Hall–Kier alpha value is -2.77. The van der Waals surface area contributed by atoms with Gasteiger partial charge in [-0.05, 0) is 89.0 Å². The van der Waals surface area contributed by atoms with Crippen LogP contribution < -0.4 is 5.32 Å². The van der Waals surface area contributed by atoms with Gasteiger partial charge in [0.25, 0.3) is 0 Å². The zero-order chi connectivity index (χ0) is 22.0. The van der Waals surface area contributed by atoms with Gasteiger partial charge < -0.3 is 19.7 Å². The fourth-order valence-electron chi connectivity index (χ4n) is 4.47. The third-order valence-electron chi connectivity index (χ3n) is 5.87. The van der Waals surface area contributed by atoms with Gasteiger partial charge in [0.1, 0.15) is 5.82 Å². The summed E-state index contributed by atoms with van der Waals surface area (Å²) in [5.41, 5.74) is 4.62. The Morgan fingerprint density at radius 2 is 1.81 bits per heavy atom. The van der Waals surface area contributed by atoms with Crippen molar-refractivity contribution >= 4 is 17.3 Å². The summed E-state index contributed by atoms with van der Waals surface area (Å²) < 4.78 is 2.23. The first-order valence-corrected chi connectivity index (χ1v) is 11.1. The number of rotatable bonds is 7. The predicted octanol–water partition coefficient (Wildman–Crippen LogP) is 3.81. The lowest BCUT2D eigenvalue weighted by atomic mass is 9.96. The topological polar surface area (TPSA) is 49.2 Å². The highest BCUT2D eigenvalue weighted by molar-refractivity contribution is 7.80. The molecule has 1 fully saturated rings. The van der Waals surface area contributed by atoms with Gasteiger partial charge in [-0.1, -0.05) is 12.1 Å². The van der Waals surface area contributed by atoms with E-state index in [1.165, 1.54) is 11.3 Å². The number of aromatic nitrogens is 3. The van der Waals surface area contributed by atoms with Crippen molar-refractivity contribution in [2.45, 2.75) is 32.4 Å². The van der Waals surface area contributed by atoms with E-state index in [4.69, 9.17) is 12.2 Å². The van der Waals surface area contributed by atoms with E-state index in [2.05, 4.69) is 69.7 Å². The molecule has 6 nitrogen and oxygen atoms in total. The molecule has 0 amide bonds. The lowest BCUT2D eigenvalue weighted by molar-refractivity contribution is 0.292. The van der Waals surface area contributed by atoms with Gasteiger partial charge in [0.05, 0.1) is 17.8 Å². The minimum absolute atomic E-state index is 0.00531. The second-order valence-electron chi connectivity index (χ2n) is 8.33. The smallest absolute Gasteiger partial charge is 0.170 e. The van der Waals surface area contributed by atoms with Gasteiger partial charge in [-0.15, -0.1) is 0 Å². The summed E-state index contributed by atoms with van der Waals surface area (Å²) in [5.74, 6) is 0.936. The Morgan fingerprint density at radius 3 is 2.45 bits per heavy atom. The second kappa shape index (κ2) is 9.16. The molecular weight excluding hydrogens is 404 g/mol. The zero-order valence-electron chi connectivity index (χ0n) is 18.6. The summed E-state index contributed by atoms with van der Waals surface area (Å²) >= 11 is 5.80. The average Bonchev–Trinajstić information content (AvgIpc) is 3.24. The maximum atomic E-state index is 5.80. The van der Waals surface area contributed by atoms with Crippen LogP contribution in [0.1, 0.15) is 41.1 Å². The molecule has 3 aromatic rings. The van der Waals surface area contributed by atoms with Crippen molar-refractivity contribution in [1.82, 2.24) is 29.7 Å². The van der Waals surface area contributed by atoms with Crippen LogP contribution in [0.5, 0.6) is 0 Å². The van der Waals surface area contributed by atoms with E-state index in [1.807, 2.05) is 42.7 Å². The molecule has 0 radical (unpaired) electrons. The monoisotopic (exact) mass is 434 g/mol. The third-order valence-corrected chi connectivity index (χ3v) is 6.22. The van der Waals surface area contributed by atoms with Crippen molar-refractivity contribution in [2.75, 3.05) is 27.2 Å². The third kappa shape index (κ3) is 4.34. The van der Waals surface area contributed by atoms with E-state index in [1.54, 1.807) is 0 Å². The van der Waals surface area contributed by atoms with Crippen LogP contribution in [0.15, 0.2) is 54.9 Å². The molecule has 0 saturated carbocycles. The van der Waals surface area contributed by atoms with Crippen LogP contribution in [0.3, 0.4) is 0 Å². The normalized spacial score (nSPS) is 18.6. The molecule has 0 aromatic carbocycles. The molecule has 7 heteroatoms. The largest absolute Gasteiger partial charge is 0.352 e. The SMILES string of the molecule is Cc1cc(C2C(c3ccccn3)NC(=S)N2CCCN(C)C)c(C)n1-c1ccccn1. The number of thiocarbonyl (C=S) groups is 1. The fourth-order valence-corrected chi connectivity index (χ4v) is 4.80. The van der Waals surface area contributed by atoms with Crippen molar-refractivity contribution < 1.29 is 0 Å². The number of pyridine rings is 2. The van der Waals surface area contributed by atoms with Crippen LogP contribution >= 0.6 is 12.2 Å². The predicted molar refractivity (Wildman–Crippen MR) is 128 cm³/mol. The maximum absolute atomic E-state index is 5.80. The van der Waals surface area contributed by atoms with Crippen molar-refractivity contribution in [3.8, 4) is 5.82 Å². The van der Waals surface area contributed by atoms with E-state index in [9.17, 15) is 0 Å².